The number of benzene rings is 1. The van der Waals surface area contributed by atoms with Crippen LogP contribution in [0.5, 0.6) is 5.75 Å². The monoisotopic (exact) mass is 420 g/mol. The maximum Gasteiger partial charge on any atom is 0.191 e. The van der Waals surface area contributed by atoms with Crippen LogP contribution in [-0.2, 0) is 11.2 Å². The smallest absolute Gasteiger partial charge is 0.191 e. The fraction of sp³-hybridized carbons (Fsp3) is 0.696. The van der Waals surface area contributed by atoms with Gasteiger partial charge in [0.2, 0.25) is 0 Å². The molecule has 1 saturated heterocycles. The quantitative estimate of drug-likeness (QED) is 0.273. The van der Waals surface area contributed by atoms with Crippen LogP contribution in [0.15, 0.2) is 29.3 Å². The highest BCUT2D eigenvalue weighted by molar-refractivity contribution is 5.79. The average molecular weight is 421 g/mol. The van der Waals surface area contributed by atoms with E-state index in [1.807, 2.05) is 26.0 Å². The van der Waals surface area contributed by atoms with Crippen molar-refractivity contribution in [2.45, 2.75) is 45.6 Å². The van der Waals surface area contributed by atoms with E-state index in [1.54, 1.807) is 0 Å². The van der Waals surface area contributed by atoms with Crippen molar-refractivity contribution >= 4 is 5.96 Å². The molecule has 30 heavy (non-hydrogen) atoms. The molecule has 1 unspecified atom stereocenters. The van der Waals surface area contributed by atoms with Gasteiger partial charge in [0.25, 0.3) is 0 Å². The minimum Gasteiger partial charge on any atom is -0.494 e. The van der Waals surface area contributed by atoms with Crippen molar-refractivity contribution in [3.63, 3.8) is 0 Å². The summed E-state index contributed by atoms with van der Waals surface area (Å²) in [6.07, 6.45) is 3.11. The maximum atomic E-state index is 10.7. The van der Waals surface area contributed by atoms with E-state index in [1.165, 1.54) is 5.56 Å². The Hall–Kier alpha value is -1.83. The van der Waals surface area contributed by atoms with Gasteiger partial charge in [-0.2, -0.15) is 0 Å². The van der Waals surface area contributed by atoms with Crippen molar-refractivity contribution in [3.05, 3.63) is 29.8 Å². The molecule has 7 nitrogen and oxygen atoms in total. The van der Waals surface area contributed by atoms with Crippen LogP contribution in [0.1, 0.15) is 39.2 Å². The lowest BCUT2D eigenvalue weighted by atomic mass is 10.1. The number of nitrogens with zero attached hydrogens (tertiary/aromatic N) is 2. The lowest BCUT2D eigenvalue weighted by Crippen LogP contribution is -2.48. The predicted molar refractivity (Wildman–Crippen MR) is 122 cm³/mol. The van der Waals surface area contributed by atoms with Crippen molar-refractivity contribution in [1.29, 1.82) is 0 Å². The molecule has 2 rings (SSSR count). The lowest BCUT2D eigenvalue weighted by molar-refractivity contribution is -0.0179. The van der Waals surface area contributed by atoms with E-state index >= 15 is 0 Å². The number of aliphatic hydroxyl groups is 1. The Morgan fingerprint density at radius 1 is 1.20 bits per heavy atom. The summed E-state index contributed by atoms with van der Waals surface area (Å²) < 4.78 is 11.1. The molecule has 1 aromatic carbocycles. The van der Waals surface area contributed by atoms with Gasteiger partial charge in [-0.3, -0.25) is 9.89 Å². The first-order chi connectivity index (χ1) is 14.5. The molecule has 0 spiro atoms. The number of β-amino-alcohol motifs (C(OH)–C–C–N with tert-alkyl or cyclic N) is 1. The number of guanidine groups is 1. The Balaban J connectivity index is 1.77. The molecule has 0 aromatic heterocycles. The molecule has 1 fully saturated rings. The van der Waals surface area contributed by atoms with Crippen LogP contribution in [0.3, 0.4) is 0 Å². The Bertz CT molecular complexity index is 613. The van der Waals surface area contributed by atoms with E-state index < -0.39 is 5.60 Å². The van der Waals surface area contributed by atoms with Gasteiger partial charge in [0.15, 0.2) is 5.96 Å². The number of nitrogens with one attached hydrogen (secondary N) is 2. The Labute approximate surface area is 181 Å². The molecule has 1 aliphatic heterocycles. The largest absolute Gasteiger partial charge is 0.494 e. The highest BCUT2D eigenvalue weighted by Gasteiger charge is 2.25. The van der Waals surface area contributed by atoms with E-state index in [0.29, 0.717) is 13.1 Å². The highest BCUT2D eigenvalue weighted by Crippen LogP contribution is 2.13. The first-order valence-corrected chi connectivity index (χ1v) is 11.3. The molecule has 7 heteroatoms. The molecule has 0 aliphatic carbocycles. The van der Waals surface area contributed by atoms with Gasteiger partial charge in [0, 0.05) is 32.7 Å². The minimum atomic E-state index is -0.868. The van der Waals surface area contributed by atoms with Crippen LogP contribution in [0, 0.1) is 0 Å². The molecular formula is C23H40N4O3. The van der Waals surface area contributed by atoms with E-state index in [-0.39, 0.29) is 0 Å². The van der Waals surface area contributed by atoms with Gasteiger partial charge in [0.1, 0.15) is 5.75 Å². The molecule has 1 aliphatic rings. The Morgan fingerprint density at radius 3 is 2.60 bits per heavy atom. The summed E-state index contributed by atoms with van der Waals surface area (Å²) in [5.74, 6) is 1.66. The van der Waals surface area contributed by atoms with Gasteiger partial charge in [-0.05, 0) is 44.4 Å². The van der Waals surface area contributed by atoms with Crippen LogP contribution >= 0.6 is 0 Å². The summed E-state index contributed by atoms with van der Waals surface area (Å²) in [5, 5.41) is 17.4. The zero-order chi connectivity index (χ0) is 21.7. The number of unbranched alkanes of at least 4 members (excludes halogenated alkanes) is 1. The van der Waals surface area contributed by atoms with Crippen LogP contribution < -0.4 is 15.4 Å². The Kier molecular flexibility index (Phi) is 11.0. The van der Waals surface area contributed by atoms with Crippen LogP contribution in [0.25, 0.3) is 0 Å². The number of ether oxygens (including phenoxy) is 2. The van der Waals surface area contributed by atoms with E-state index in [4.69, 9.17) is 9.47 Å². The zero-order valence-electron chi connectivity index (χ0n) is 19.0. The molecular weight excluding hydrogens is 380 g/mol. The van der Waals surface area contributed by atoms with Gasteiger partial charge in [-0.25, -0.2) is 0 Å². The standard InChI is InChI=1S/C23H40N4O3/c1-4-6-15-30-21-9-7-20(8-10-21)11-12-25-22(24-5-2)26-18-23(3,28)19-27-13-16-29-17-14-27/h7-10,28H,4-6,11-19H2,1-3H3,(H2,24,25,26). The first-order valence-electron chi connectivity index (χ1n) is 11.3. The average Bonchev–Trinajstić information content (AvgIpc) is 2.74. The van der Waals surface area contributed by atoms with Crippen molar-refractivity contribution in [2.24, 2.45) is 4.99 Å². The third kappa shape index (κ3) is 9.78. The van der Waals surface area contributed by atoms with Crippen LogP contribution in [0.4, 0.5) is 0 Å². The fourth-order valence-electron chi connectivity index (χ4n) is 3.29. The van der Waals surface area contributed by atoms with Crippen LogP contribution in [0.2, 0.25) is 0 Å². The van der Waals surface area contributed by atoms with Crippen molar-refractivity contribution in [2.75, 3.05) is 59.1 Å². The molecule has 3 N–H and O–H groups in total. The minimum absolute atomic E-state index is 0.351. The van der Waals surface area contributed by atoms with E-state index in [2.05, 4.69) is 39.6 Å². The summed E-state index contributed by atoms with van der Waals surface area (Å²) in [5.41, 5.74) is 0.383. The van der Waals surface area contributed by atoms with Gasteiger partial charge >= 0.3 is 0 Å². The second-order valence-corrected chi connectivity index (χ2v) is 8.10. The number of rotatable bonds is 12. The summed E-state index contributed by atoms with van der Waals surface area (Å²) in [6, 6.07) is 8.29. The van der Waals surface area contributed by atoms with Gasteiger partial charge < -0.3 is 25.2 Å². The fourth-order valence-corrected chi connectivity index (χ4v) is 3.29. The number of aliphatic imine (C=N–C) groups is 1. The number of hydrogen-bond acceptors (Lipinski definition) is 5. The summed E-state index contributed by atoms with van der Waals surface area (Å²) in [6.45, 7) is 12.5. The third-order valence-corrected chi connectivity index (χ3v) is 4.99. The summed E-state index contributed by atoms with van der Waals surface area (Å²) in [4.78, 5) is 6.84. The van der Waals surface area contributed by atoms with Gasteiger partial charge in [0.05, 0.1) is 32.0 Å². The van der Waals surface area contributed by atoms with Crippen molar-refractivity contribution < 1.29 is 14.6 Å². The highest BCUT2D eigenvalue weighted by atomic mass is 16.5. The molecule has 0 radical (unpaired) electrons. The second-order valence-electron chi connectivity index (χ2n) is 8.10. The third-order valence-electron chi connectivity index (χ3n) is 4.99. The summed E-state index contributed by atoms with van der Waals surface area (Å²) >= 11 is 0. The maximum absolute atomic E-state index is 10.7. The van der Waals surface area contributed by atoms with Gasteiger partial charge in [-0.1, -0.05) is 25.5 Å². The number of morpholine rings is 1. The number of hydrogen-bond donors (Lipinski definition) is 3. The normalized spacial score (nSPS) is 17.4. The van der Waals surface area contributed by atoms with Crippen molar-refractivity contribution in [3.8, 4) is 5.75 Å². The van der Waals surface area contributed by atoms with E-state index in [9.17, 15) is 5.11 Å². The first kappa shape index (κ1) is 24.4. The molecule has 0 bridgehead atoms. The zero-order valence-corrected chi connectivity index (χ0v) is 19.0. The molecule has 1 atom stereocenters. The topological polar surface area (TPSA) is 78.3 Å². The van der Waals surface area contributed by atoms with Crippen LogP contribution in [-0.4, -0.2) is 80.7 Å². The van der Waals surface area contributed by atoms with Crippen molar-refractivity contribution in [1.82, 2.24) is 15.5 Å². The predicted octanol–water partition coefficient (Wildman–Crippen LogP) is 2.05. The second kappa shape index (κ2) is 13.5. The SMILES string of the molecule is CCCCOc1ccc(CCNC(=NCC(C)(O)CN2CCOCC2)NCC)cc1. The Morgan fingerprint density at radius 2 is 1.93 bits per heavy atom. The summed E-state index contributed by atoms with van der Waals surface area (Å²) in [7, 11) is 0. The molecule has 0 amide bonds. The molecule has 0 saturated carbocycles. The van der Waals surface area contributed by atoms with E-state index in [0.717, 1.165) is 77.0 Å². The lowest BCUT2D eigenvalue weighted by Gasteiger charge is -2.33. The molecule has 1 aromatic rings. The van der Waals surface area contributed by atoms with Gasteiger partial charge in [-0.15, -0.1) is 0 Å². The molecule has 1 heterocycles. The molecule has 170 valence electrons.